The Morgan fingerprint density at radius 3 is 1.03 bits per heavy atom. The quantitative estimate of drug-likeness (QED) is 0.0169. The first-order valence-corrected chi connectivity index (χ1v) is 37.8. The number of carbonyl (C=O) groups is 4. The van der Waals surface area contributed by atoms with E-state index < -0.39 is 97.5 Å². The summed E-state index contributed by atoms with van der Waals surface area (Å²) in [6.45, 7) is 9.38. The topological polar surface area (TPSA) is 237 Å². The molecule has 0 aliphatic heterocycles. The average molecular weight is 1280 g/mol. The molecule has 17 nitrogen and oxygen atoms in total. The minimum Gasteiger partial charge on any atom is -0.462 e. The number of hydrogen-bond donors (Lipinski definition) is 3. The number of rotatable bonds is 65. The Bertz CT molecular complexity index is 1800. The monoisotopic (exact) mass is 1280 g/mol. The van der Waals surface area contributed by atoms with Crippen molar-refractivity contribution in [1.29, 1.82) is 0 Å². The molecule has 0 radical (unpaired) electrons. The van der Waals surface area contributed by atoms with Gasteiger partial charge in [-0.05, 0) is 63.2 Å². The summed E-state index contributed by atoms with van der Waals surface area (Å²) in [5.41, 5.74) is 0. The fraction of sp³-hybridized carbons (Fsp3) is 0.882. The lowest BCUT2D eigenvalue weighted by Gasteiger charge is -2.21. The first-order chi connectivity index (χ1) is 41.9. The summed E-state index contributed by atoms with van der Waals surface area (Å²) < 4.78 is 68.0. The SMILES string of the molecule is CCCCCC/C=C\C=C/CCCCCCCC(=O)O[C@H](COC(=O)CCCCCCCCCCCCCCC(C)C)COP(=O)(O)OC[C@@H](O)COP(=O)(O)OC[C@@H](COC(=O)CCCCCCCCC)OC(=O)CCCCCCCCC(C)CC. The van der Waals surface area contributed by atoms with E-state index in [2.05, 4.69) is 65.8 Å². The van der Waals surface area contributed by atoms with Gasteiger partial charge >= 0.3 is 39.5 Å². The van der Waals surface area contributed by atoms with E-state index in [1.807, 2.05) is 0 Å². The minimum atomic E-state index is -4.96. The van der Waals surface area contributed by atoms with Crippen LogP contribution in [0.1, 0.15) is 318 Å². The number of unbranched alkanes of at least 4 members (excludes halogenated alkanes) is 31. The van der Waals surface area contributed by atoms with Gasteiger partial charge in [0.2, 0.25) is 0 Å². The summed E-state index contributed by atoms with van der Waals surface area (Å²) in [7, 11) is -9.90. The summed E-state index contributed by atoms with van der Waals surface area (Å²) in [5, 5.41) is 10.5. The van der Waals surface area contributed by atoms with E-state index in [0.717, 1.165) is 127 Å². The van der Waals surface area contributed by atoms with Gasteiger partial charge in [0.05, 0.1) is 26.4 Å². The fourth-order valence-electron chi connectivity index (χ4n) is 9.67. The van der Waals surface area contributed by atoms with Crippen LogP contribution < -0.4 is 0 Å². The van der Waals surface area contributed by atoms with Crippen molar-refractivity contribution in [3.05, 3.63) is 24.3 Å². The molecule has 0 aliphatic rings. The summed E-state index contributed by atoms with van der Waals surface area (Å²) >= 11 is 0. The molecule has 0 saturated carbocycles. The number of phosphoric ester groups is 2. The van der Waals surface area contributed by atoms with Crippen LogP contribution in [0.4, 0.5) is 0 Å². The highest BCUT2D eigenvalue weighted by Crippen LogP contribution is 2.45. The van der Waals surface area contributed by atoms with Crippen molar-refractivity contribution in [3.8, 4) is 0 Å². The van der Waals surface area contributed by atoms with Crippen LogP contribution in [0.25, 0.3) is 0 Å². The van der Waals surface area contributed by atoms with Gasteiger partial charge in [-0.1, -0.05) is 265 Å². The molecule has 3 unspecified atom stereocenters. The van der Waals surface area contributed by atoms with E-state index in [0.29, 0.717) is 25.7 Å². The van der Waals surface area contributed by atoms with Gasteiger partial charge in [-0.15, -0.1) is 0 Å². The molecule has 0 rings (SSSR count). The number of allylic oxidation sites excluding steroid dienone is 4. The maximum atomic E-state index is 13.0. The minimum absolute atomic E-state index is 0.0847. The highest BCUT2D eigenvalue weighted by Gasteiger charge is 2.30. The third kappa shape index (κ3) is 60.9. The Labute approximate surface area is 529 Å². The first-order valence-electron chi connectivity index (χ1n) is 34.8. The van der Waals surface area contributed by atoms with Gasteiger partial charge in [0.25, 0.3) is 0 Å². The standard InChI is InChI=1S/C68H128O17P2/c1-7-10-12-14-16-17-18-19-20-21-26-29-33-40-46-52-67(72)84-63(57-79-66(71)51-45-39-32-28-25-23-22-24-27-31-36-42-48-60(4)5)58-82-86(74,75)80-54-62(69)55-81-87(76,77)83-59-64(56-78-65(70)50-44-38-30-15-13-11-8-2)85-68(73)53-47-41-35-34-37-43-49-61(6)9-3/h17-20,60-64,69H,7-16,21-59H2,1-6H3,(H,74,75)(H,76,77)/b18-17-,20-19-/t61?,62-,63-,64-/m1/s1. The van der Waals surface area contributed by atoms with Crippen LogP contribution in [-0.2, 0) is 65.4 Å². The van der Waals surface area contributed by atoms with Gasteiger partial charge in [-0.3, -0.25) is 37.3 Å². The first kappa shape index (κ1) is 84.5. The normalized spacial score (nSPS) is 14.7. The van der Waals surface area contributed by atoms with Crippen LogP contribution in [0, 0.1) is 11.8 Å². The molecule has 0 fully saturated rings. The van der Waals surface area contributed by atoms with Crippen molar-refractivity contribution in [2.24, 2.45) is 11.8 Å². The van der Waals surface area contributed by atoms with Crippen molar-refractivity contribution >= 4 is 39.5 Å². The van der Waals surface area contributed by atoms with Crippen molar-refractivity contribution in [3.63, 3.8) is 0 Å². The number of hydrogen-bond acceptors (Lipinski definition) is 15. The van der Waals surface area contributed by atoms with Crippen LogP contribution in [-0.4, -0.2) is 96.7 Å². The number of carbonyl (C=O) groups excluding carboxylic acids is 4. The average Bonchev–Trinajstić information content (AvgIpc) is 3.69. The lowest BCUT2D eigenvalue weighted by atomic mass is 10.00. The van der Waals surface area contributed by atoms with E-state index in [4.69, 9.17) is 37.0 Å². The van der Waals surface area contributed by atoms with Crippen molar-refractivity contribution in [2.45, 2.75) is 336 Å². The molecule has 0 spiro atoms. The zero-order valence-electron chi connectivity index (χ0n) is 55.8. The molecule has 6 atom stereocenters. The fourth-order valence-corrected chi connectivity index (χ4v) is 11.2. The number of aliphatic hydroxyl groups excluding tert-OH is 1. The van der Waals surface area contributed by atoms with Gasteiger partial charge in [0, 0.05) is 25.7 Å². The summed E-state index contributed by atoms with van der Waals surface area (Å²) in [4.78, 5) is 72.3. The van der Waals surface area contributed by atoms with Gasteiger partial charge in [0.15, 0.2) is 12.2 Å². The second-order valence-corrected chi connectivity index (χ2v) is 27.5. The second kappa shape index (κ2) is 59.8. The van der Waals surface area contributed by atoms with E-state index in [9.17, 15) is 43.2 Å². The molecule has 87 heavy (non-hydrogen) atoms. The van der Waals surface area contributed by atoms with Crippen LogP contribution in [0.3, 0.4) is 0 Å². The van der Waals surface area contributed by atoms with Gasteiger partial charge in [-0.25, -0.2) is 9.13 Å². The second-order valence-electron chi connectivity index (χ2n) is 24.6. The molecule has 0 bridgehead atoms. The number of aliphatic hydroxyl groups is 1. The van der Waals surface area contributed by atoms with E-state index >= 15 is 0 Å². The van der Waals surface area contributed by atoms with Crippen molar-refractivity contribution < 1.29 is 80.2 Å². The Balaban J connectivity index is 5.25. The summed E-state index contributed by atoms with van der Waals surface area (Å²) in [6, 6.07) is 0. The molecule has 19 heteroatoms. The van der Waals surface area contributed by atoms with Gasteiger partial charge in [0.1, 0.15) is 19.3 Å². The lowest BCUT2D eigenvalue weighted by molar-refractivity contribution is -0.161. The number of ether oxygens (including phenoxy) is 4. The lowest BCUT2D eigenvalue weighted by Crippen LogP contribution is -2.30. The number of esters is 4. The number of phosphoric acid groups is 2. The van der Waals surface area contributed by atoms with E-state index in [1.54, 1.807) is 0 Å². The molecular weight excluding hydrogens is 1150 g/mol. The zero-order chi connectivity index (χ0) is 64.3. The third-order valence-corrected chi connectivity index (χ3v) is 17.3. The predicted octanol–water partition coefficient (Wildman–Crippen LogP) is 18.8. The van der Waals surface area contributed by atoms with Crippen LogP contribution >= 0.6 is 15.6 Å². The van der Waals surface area contributed by atoms with Crippen LogP contribution in [0.5, 0.6) is 0 Å². The van der Waals surface area contributed by atoms with Crippen molar-refractivity contribution in [1.82, 2.24) is 0 Å². The van der Waals surface area contributed by atoms with E-state index in [1.165, 1.54) is 109 Å². The summed E-state index contributed by atoms with van der Waals surface area (Å²) in [5.74, 6) is -0.667. The molecular formula is C68H128O17P2. The Kier molecular flexibility index (Phi) is 58.1. The Morgan fingerprint density at radius 2 is 0.678 bits per heavy atom. The Morgan fingerprint density at radius 1 is 0.379 bits per heavy atom. The highest BCUT2D eigenvalue weighted by atomic mass is 31.2. The third-order valence-electron chi connectivity index (χ3n) is 15.4. The molecule has 0 amide bonds. The smallest absolute Gasteiger partial charge is 0.462 e. The predicted molar refractivity (Wildman–Crippen MR) is 349 cm³/mol. The molecule has 0 aliphatic carbocycles. The van der Waals surface area contributed by atoms with Gasteiger partial charge < -0.3 is 33.8 Å². The Hall–Kier alpha value is -2.46. The maximum absolute atomic E-state index is 13.0. The van der Waals surface area contributed by atoms with Crippen LogP contribution in [0.2, 0.25) is 0 Å². The molecule has 0 aromatic heterocycles. The largest absolute Gasteiger partial charge is 0.472 e. The molecule has 3 N–H and O–H groups in total. The van der Waals surface area contributed by atoms with E-state index in [-0.39, 0.29) is 25.7 Å². The molecule has 512 valence electrons. The molecule has 0 heterocycles. The molecule has 0 aromatic carbocycles. The van der Waals surface area contributed by atoms with Crippen LogP contribution in [0.15, 0.2) is 24.3 Å². The van der Waals surface area contributed by atoms with Gasteiger partial charge in [-0.2, -0.15) is 0 Å². The molecule has 0 saturated heterocycles. The zero-order valence-corrected chi connectivity index (χ0v) is 57.6. The summed E-state index contributed by atoms with van der Waals surface area (Å²) in [6.07, 6.45) is 46.8. The molecule has 0 aromatic rings. The maximum Gasteiger partial charge on any atom is 0.472 e. The van der Waals surface area contributed by atoms with Crippen molar-refractivity contribution in [2.75, 3.05) is 39.6 Å². The highest BCUT2D eigenvalue weighted by molar-refractivity contribution is 7.47.